The number of carbonyl (C=O) groups is 1. The molecule has 4 nitrogen and oxygen atoms in total. The number of H-pyrrole nitrogens is 1. The molecule has 3 rings (SSSR count). The smallest absolute Gasteiger partial charge is 0.270 e. The molecule has 0 bridgehead atoms. The highest BCUT2D eigenvalue weighted by molar-refractivity contribution is 6.30. The van der Waals surface area contributed by atoms with E-state index in [2.05, 4.69) is 4.98 Å². The summed E-state index contributed by atoms with van der Waals surface area (Å²) in [6.07, 6.45) is 3.62. The van der Waals surface area contributed by atoms with Crippen molar-refractivity contribution in [3.8, 4) is 5.75 Å². The van der Waals surface area contributed by atoms with E-state index in [1.165, 1.54) is 0 Å². The fourth-order valence-electron chi connectivity index (χ4n) is 2.83. The fraction of sp³-hybridized carbons (Fsp3) is 0.312. The van der Waals surface area contributed by atoms with E-state index in [1.807, 2.05) is 29.2 Å². The normalized spacial score (nSPS) is 18.0. The van der Waals surface area contributed by atoms with Crippen LogP contribution in [-0.2, 0) is 0 Å². The third-order valence-corrected chi connectivity index (χ3v) is 4.11. The number of methoxy groups -OCH3 is 1. The molecule has 1 aromatic carbocycles. The van der Waals surface area contributed by atoms with Gasteiger partial charge in [-0.2, -0.15) is 0 Å². The Balaban J connectivity index is 1.83. The lowest BCUT2D eigenvalue weighted by molar-refractivity contribution is 0.0730. The molecule has 1 fully saturated rings. The molecule has 21 heavy (non-hydrogen) atoms. The van der Waals surface area contributed by atoms with Crippen LogP contribution in [0, 0.1) is 0 Å². The number of hydrogen-bond acceptors (Lipinski definition) is 2. The Hall–Kier alpha value is -1.94. The number of rotatable bonds is 3. The summed E-state index contributed by atoms with van der Waals surface area (Å²) in [5.74, 6) is 0.825. The predicted octanol–water partition coefficient (Wildman–Crippen LogP) is 3.65. The maximum atomic E-state index is 12.6. The van der Waals surface area contributed by atoms with Crippen LogP contribution in [-0.4, -0.2) is 29.4 Å². The van der Waals surface area contributed by atoms with E-state index in [1.54, 1.807) is 19.4 Å². The Kier molecular flexibility index (Phi) is 3.88. The number of amides is 1. The quantitative estimate of drug-likeness (QED) is 0.940. The highest BCUT2D eigenvalue weighted by Crippen LogP contribution is 2.33. The van der Waals surface area contributed by atoms with E-state index >= 15 is 0 Å². The molecule has 5 heteroatoms. The van der Waals surface area contributed by atoms with Gasteiger partial charge in [-0.1, -0.05) is 23.7 Å². The van der Waals surface area contributed by atoms with Crippen LogP contribution in [0.15, 0.2) is 36.5 Å². The number of nitrogens with one attached hydrogen (secondary N) is 1. The number of nitrogens with zero attached hydrogens (tertiary/aromatic N) is 1. The van der Waals surface area contributed by atoms with Crippen molar-refractivity contribution >= 4 is 17.5 Å². The molecule has 0 radical (unpaired) electrons. The zero-order valence-corrected chi connectivity index (χ0v) is 12.6. The van der Waals surface area contributed by atoms with Crippen LogP contribution in [0.5, 0.6) is 5.75 Å². The van der Waals surface area contributed by atoms with Gasteiger partial charge in [-0.05, 0) is 36.6 Å². The largest absolute Gasteiger partial charge is 0.497 e. The lowest BCUT2D eigenvalue weighted by Crippen LogP contribution is -2.30. The van der Waals surface area contributed by atoms with Crippen LogP contribution in [0.4, 0.5) is 0 Å². The van der Waals surface area contributed by atoms with Crippen molar-refractivity contribution in [1.29, 1.82) is 0 Å². The predicted molar refractivity (Wildman–Crippen MR) is 81.8 cm³/mol. The molecule has 0 saturated carbocycles. The number of ether oxygens (including phenoxy) is 1. The van der Waals surface area contributed by atoms with Crippen LogP contribution in [0.3, 0.4) is 0 Å². The minimum atomic E-state index is 0.000202. The van der Waals surface area contributed by atoms with Crippen LogP contribution < -0.4 is 4.74 Å². The second-order valence-corrected chi connectivity index (χ2v) is 5.60. The Bertz CT molecular complexity index is 636. The van der Waals surface area contributed by atoms with Crippen molar-refractivity contribution in [1.82, 2.24) is 9.88 Å². The van der Waals surface area contributed by atoms with Crippen LogP contribution in [0.2, 0.25) is 5.02 Å². The number of aromatic nitrogens is 1. The van der Waals surface area contributed by atoms with Crippen LogP contribution in [0.1, 0.15) is 34.9 Å². The van der Waals surface area contributed by atoms with Gasteiger partial charge in [0.2, 0.25) is 0 Å². The van der Waals surface area contributed by atoms with Crippen molar-refractivity contribution in [2.24, 2.45) is 0 Å². The summed E-state index contributed by atoms with van der Waals surface area (Å²) in [6, 6.07) is 9.70. The second-order valence-electron chi connectivity index (χ2n) is 5.16. The van der Waals surface area contributed by atoms with E-state index in [4.69, 9.17) is 16.3 Å². The number of halogens is 1. The van der Waals surface area contributed by atoms with Gasteiger partial charge in [0.25, 0.3) is 5.91 Å². The second kappa shape index (κ2) is 5.82. The number of carbonyl (C=O) groups excluding carboxylic acids is 1. The maximum Gasteiger partial charge on any atom is 0.270 e. The molecule has 1 aromatic heterocycles. The molecule has 1 amide bonds. The molecule has 1 atom stereocenters. The summed E-state index contributed by atoms with van der Waals surface area (Å²) in [7, 11) is 1.65. The summed E-state index contributed by atoms with van der Waals surface area (Å²) in [4.78, 5) is 17.4. The maximum absolute atomic E-state index is 12.6. The van der Waals surface area contributed by atoms with Crippen LogP contribution >= 0.6 is 11.6 Å². The van der Waals surface area contributed by atoms with Gasteiger partial charge in [0.05, 0.1) is 18.2 Å². The van der Waals surface area contributed by atoms with Gasteiger partial charge in [-0.25, -0.2) is 0 Å². The zero-order valence-electron chi connectivity index (χ0n) is 11.8. The van der Waals surface area contributed by atoms with Crippen molar-refractivity contribution < 1.29 is 9.53 Å². The van der Waals surface area contributed by atoms with E-state index in [9.17, 15) is 4.79 Å². The first-order valence-electron chi connectivity index (χ1n) is 6.98. The monoisotopic (exact) mass is 304 g/mol. The van der Waals surface area contributed by atoms with Gasteiger partial charge < -0.3 is 14.6 Å². The van der Waals surface area contributed by atoms with E-state index in [0.29, 0.717) is 10.7 Å². The van der Waals surface area contributed by atoms with Gasteiger partial charge in [-0.15, -0.1) is 0 Å². The summed E-state index contributed by atoms with van der Waals surface area (Å²) in [5, 5.41) is 0.554. The highest BCUT2D eigenvalue weighted by atomic mass is 35.5. The molecular formula is C16H17ClN2O2. The van der Waals surface area contributed by atoms with Gasteiger partial charge in [-0.3, -0.25) is 4.79 Å². The summed E-state index contributed by atoms with van der Waals surface area (Å²) in [5.41, 5.74) is 1.68. The minimum absolute atomic E-state index is 0.000202. The van der Waals surface area contributed by atoms with Crippen molar-refractivity contribution in [3.05, 3.63) is 52.8 Å². The van der Waals surface area contributed by atoms with Gasteiger partial charge in [0, 0.05) is 12.7 Å². The molecule has 1 N–H and O–H groups in total. The summed E-state index contributed by atoms with van der Waals surface area (Å²) >= 11 is 5.88. The zero-order chi connectivity index (χ0) is 14.8. The Labute approximate surface area is 128 Å². The Morgan fingerprint density at radius 1 is 1.38 bits per heavy atom. The first kappa shape index (κ1) is 14.0. The third kappa shape index (κ3) is 2.76. The van der Waals surface area contributed by atoms with E-state index in [0.717, 1.165) is 30.7 Å². The average Bonchev–Trinajstić information content (AvgIpc) is 3.15. The SMILES string of the molecule is COc1ccc([C@@H]2CCCN2C(=O)c2cc(Cl)c[nH]2)cc1. The van der Waals surface area contributed by atoms with Gasteiger partial charge in [0.1, 0.15) is 11.4 Å². The van der Waals surface area contributed by atoms with Crippen molar-refractivity contribution in [3.63, 3.8) is 0 Å². The molecule has 0 unspecified atom stereocenters. The molecule has 2 heterocycles. The number of hydrogen-bond donors (Lipinski definition) is 1. The molecule has 110 valence electrons. The topological polar surface area (TPSA) is 45.3 Å². The van der Waals surface area contributed by atoms with Crippen molar-refractivity contribution in [2.75, 3.05) is 13.7 Å². The molecule has 0 spiro atoms. The summed E-state index contributed by atoms with van der Waals surface area (Å²) in [6.45, 7) is 0.770. The molecule has 1 aliphatic rings. The lowest BCUT2D eigenvalue weighted by Gasteiger charge is -2.24. The van der Waals surface area contributed by atoms with Gasteiger partial charge in [0.15, 0.2) is 0 Å². The van der Waals surface area contributed by atoms with Crippen LogP contribution in [0.25, 0.3) is 0 Å². The molecule has 0 aliphatic carbocycles. The molecule has 1 aliphatic heterocycles. The standard InChI is InChI=1S/C16H17ClN2O2/c1-21-13-6-4-11(5-7-13)15-3-2-8-19(15)16(20)14-9-12(17)10-18-14/h4-7,9-10,15,18H,2-3,8H2,1H3/t15-/m0/s1. The third-order valence-electron chi connectivity index (χ3n) is 3.89. The Morgan fingerprint density at radius 3 is 2.76 bits per heavy atom. The Morgan fingerprint density at radius 2 is 2.14 bits per heavy atom. The average molecular weight is 305 g/mol. The molecule has 2 aromatic rings. The van der Waals surface area contributed by atoms with Gasteiger partial charge >= 0.3 is 0 Å². The number of benzene rings is 1. The summed E-state index contributed by atoms with van der Waals surface area (Å²) < 4.78 is 5.18. The molecule has 1 saturated heterocycles. The lowest BCUT2D eigenvalue weighted by atomic mass is 10.0. The number of aromatic amines is 1. The number of likely N-dealkylation sites (tertiary alicyclic amines) is 1. The van der Waals surface area contributed by atoms with Crippen molar-refractivity contribution in [2.45, 2.75) is 18.9 Å². The fourth-order valence-corrected chi connectivity index (χ4v) is 2.99. The van der Waals surface area contributed by atoms with E-state index < -0.39 is 0 Å². The highest BCUT2D eigenvalue weighted by Gasteiger charge is 2.31. The first-order valence-corrected chi connectivity index (χ1v) is 7.35. The molecular weight excluding hydrogens is 288 g/mol. The minimum Gasteiger partial charge on any atom is -0.497 e. The first-order chi connectivity index (χ1) is 10.2. The van der Waals surface area contributed by atoms with E-state index in [-0.39, 0.29) is 11.9 Å².